The highest BCUT2D eigenvalue weighted by Crippen LogP contribution is 2.45. The zero-order valence-corrected chi connectivity index (χ0v) is 10.3. The minimum atomic E-state index is -0.0781. The van der Waals surface area contributed by atoms with Gasteiger partial charge in [0.25, 0.3) is 0 Å². The number of carbonyl (C=O) groups is 1. The number of hydrogen-bond donors (Lipinski definition) is 0. The molecule has 2 aliphatic heterocycles. The van der Waals surface area contributed by atoms with Crippen LogP contribution in [-0.2, 0) is 4.79 Å². The van der Waals surface area contributed by atoms with Crippen LogP contribution in [0.4, 0.5) is 0 Å². The van der Waals surface area contributed by atoms with Crippen molar-refractivity contribution in [3.63, 3.8) is 0 Å². The van der Waals surface area contributed by atoms with Crippen LogP contribution in [0, 0.1) is 10.8 Å². The van der Waals surface area contributed by atoms with Crippen molar-refractivity contribution in [2.45, 2.75) is 26.7 Å². The molecule has 0 aromatic rings. The van der Waals surface area contributed by atoms with E-state index < -0.39 is 0 Å². The molecule has 15 heavy (non-hydrogen) atoms. The Balaban J connectivity index is 2.26. The largest absolute Gasteiger partial charge is 0.345 e. The van der Waals surface area contributed by atoms with Crippen LogP contribution in [0.25, 0.3) is 0 Å². The Labute approximate surface area is 92.4 Å². The molecule has 1 spiro atoms. The second-order valence-electron chi connectivity index (χ2n) is 6.27. The zero-order chi connectivity index (χ0) is 11.3. The molecule has 0 saturated carbocycles. The first-order valence-corrected chi connectivity index (χ1v) is 5.79. The molecule has 0 aromatic carbocycles. The fourth-order valence-electron chi connectivity index (χ4n) is 3.56. The van der Waals surface area contributed by atoms with Gasteiger partial charge >= 0.3 is 0 Å². The number of carbonyl (C=O) groups excluding carboxylic acids is 1. The molecule has 0 aliphatic carbocycles. The SMILES string of the molecule is CN1CC[C@@]2(C1)CC(C)(C)CN(C)C2=O. The quantitative estimate of drug-likeness (QED) is 0.600. The highest BCUT2D eigenvalue weighted by Gasteiger charge is 2.51. The maximum Gasteiger partial charge on any atom is 0.229 e. The van der Waals surface area contributed by atoms with Crippen LogP contribution >= 0.6 is 0 Å². The number of rotatable bonds is 0. The van der Waals surface area contributed by atoms with Crippen molar-refractivity contribution >= 4 is 5.91 Å². The molecule has 0 N–H and O–H groups in total. The summed E-state index contributed by atoms with van der Waals surface area (Å²) in [5.41, 5.74) is 0.194. The number of likely N-dealkylation sites (tertiary alicyclic amines) is 2. The predicted octanol–water partition coefficient (Wildman–Crippen LogP) is 1.20. The average molecular weight is 210 g/mol. The summed E-state index contributed by atoms with van der Waals surface area (Å²) >= 11 is 0. The Bertz CT molecular complexity index is 287. The van der Waals surface area contributed by atoms with E-state index in [0.29, 0.717) is 5.91 Å². The van der Waals surface area contributed by atoms with Crippen LogP contribution in [0.1, 0.15) is 26.7 Å². The van der Waals surface area contributed by atoms with Gasteiger partial charge < -0.3 is 9.80 Å². The fraction of sp³-hybridized carbons (Fsp3) is 0.917. The van der Waals surface area contributed by atoms with E-state index in [1.165, 1.54) is 0 Å². The van der Waals surface area contributed by atoms with E-state index in [9.17, 15) is 4.79 Å². The summed E-state index contributed by atoms with van der Waals surface area (Å²) in [6, 6.07) is 0. The zero-order valence-electron chi connectivity index (χ0n) is 10.3. The van der Waals surface area contributed by atoms with Gasteiger partial charge in [-0.05, 0) is 31.8 Å². The van der Waals surface area contributed by atoms with Gasteiger partial charge in [-0.2, -0.15) is 0 Å². The highest BCUT2D eigenvalue weighted by molar-refractivity contribution is 5.84. The van der Waals surface area contributed by atoms with E-state index in [4.69, 9.17) is 0 Å². The molecular formula is C12H22N2O. The fourth-order valence-corrected chi connectivity index (χ4v) is 3.56. The second kappa shape index (κ2) is 3.21. The van der Waals surface area contributed by atoms with Gasteiger partial charge in [0.05, 0.1) is 5.41 Å². The summed E-state index contributed by atoms with van der Waals surface area (Å²) in [5, 5.41) is 0. The minimum Gasteiger partial charge on any atom is -0.345 e. The summed E-state index contributed by atoms with van der Waals surface area (Å²) in [6.45, 7) is 7.46. The van der Waals surface area contributed by atoms with Crippen LogP contribution in [0.2, 0.25) is 0 Å². The molecule has 1 atom stereocenters. The lowest BCUT2D eigenvalue weighted by atomic mass is 9.68. The maximum absolute atomic E-state index is 12.3. The van der Waals surface area contributed by atoms with Gasteiger partial charge in [-0.3, -0.25) is 4.79 Å². The minimum absolute atomic E-state index is 0.0781. The van der Waals surface area contributed by atoms with Crippen molar-refractivity contribution in [1.29, 1.82) is 0 Å². The molecule has 2 fully saturated rings. The molecule has 0 bridgehead atoms. The Hall–Kier alpha value is -0.570. The van der Waals surface area contributed by atoms with Crippen LogP contribution in [-0.4, -0.2) is 49.4 Å². The van der Waals surface area contributed by atoms with Crippen molar-refractivity contribution in [2.75, 3.05) is 33.7 Å². The lowest BCUT2D eigenvalue weighted by molar-refractivity contribution is -0.149. The van der Waals surface area contributed by atoms with Gasteiger partial charge in [-0.25, -0.2) is 0 Å². The molecule has 0 radical (unpaired) electrons. The molecule has 86 valence electrons. The van der Waals surface area contributed by atoms with E-state index in [-0.39, 0.29) is 10.8 Å². The lowest BCUT2D eigenvalue weighted by Gasteiger charge is -2.46. The number of piperidine rings is 1. The summed E-state index contributed by atoms with van der Waals surface area (Å²) < 4.78 is 0. The highest BCUT2D eigenvalue weighted by atomic mass is 16.2. The smallest absolute Gasteiger partial charge is 0.229 e. The van der Waals surface area contributed by atoms with Crippen LogP contribution in [0.3, 0.4) is 0 Å². The van der Waals surface area contributed by atoms with Gasteiger partial charge in [0.1, 0.15) is 0 Å². The third-order valence-electron chi connectivity index (χ3n) is 3.83. The lowest BCUT2D eigenvalue weighted by Crippen LogP contribution is -2.54. The van der Waals surface area contributed by atoms with Gasteiger partial charge in [0.15, 0.2) is 0 Å². The van der Waals surface area contributed by atoms with Crippen molar-refractivity contribution in [2.24, 2.45) is 10.8 Å². The first-order chi connectivity index (χ1) is 6.85. The standard InChI is InChI=1S/C12H22N2O/c1-11(2)7-12(5-6-13(3)9-12)10(15)14(4)8-11/h5-9H2,1-4H3/t12-/m0/s1. The molecule has 3 nitrogen and oxygen atoms in total. The number of nitrogens with zero attached hydrogens (tertiary/aromatic N) is 2. The topological polar surface area (TPSA) is 23.6 Å². The molecule has 3 heteroatoms. The molecular weight excluding hydrogens is 188 g/mol. The van der Waals surface area contributed by atoms with Crippen LogP contribution in [0.5, 0.6) is 0 Å². The molecule has 0 unspecified atom stereocenters. The van der Waals surface area contributed by atoms with Gasteiger partial charge in [0.2, 0.25) is 5.91 Å². The molecule has 0 aromatic heterocycles. The summed E-state index contributed by atoms with van der Waals surface area (Å²) in [5.74, 6) is 0.367. The third-order valence-corrected chi connectivity index (χ3v) is 3.83. The predicted molar refractivity (Wildman–Crippen MR) is 60.6 cm³/mol. The normalized spacial score (nSPS) is 36.5. The van der Waals surface area contributed by atoms with Gasteiger partial charge in [0, 0.05) is 20.1 Å². The molecule has 2 saturated heterocycles. The Morgan fingerprint density at radius 1 is 1.20 bits per heavy atom. The molecule has 2 heterocycles. The summed E-state index contributed by atoms with van der Waals surface area (Å²) in [6.07, 6.45) is 2.09. The van der Waals surface area contributed by atoms with Gasteiger partial charge in [-0.15, -0.1) is 0 Å². The van der Waals surface area contributed by atoms with E-state index in [0.717, 1.165) is 32.5 Å². The summed E-state index contributed by atoms with van der Waals surface area (Å²) in [7, 11) is 4.06. The maximum atomic E-state index is 12.3. The average Bonchev–Trinajstić information content (AvgIpc) is 2.43. The number of amides is 1. The second-order valence-corrected chi connectivity index (χ2v) is 6.27. The molecule has 2 aliphatic rings. The monoisotopic (exact) mass is 210 g/mol. The summed E-state index contributed by atoms with van der Waals surface area (Å²) in [4.78, 5) is 16.5. The van der Waals surface area contributed by atoms with Crippen molar-refractivity contribution < 1.29 is 4.79 Å². The van der Waals surface area contributed by atoms with Crippen molar-refractivity contribution in [3.8, 4) is 0 Å². The molecule has 1 amide bonds. The third kappa shape index (κ3) is 1.78. The molecule has 2 rings (SSSR count). The van der Waals surface area contributed by atoms with E-state index >= 15 is 0 Å². The first kappa shape index (κ1) is 10.9. The van der Waals surface area contributed by atoms with Crippen molar-refractivity contribution in [1.82, 2.24) is 9.80 Å². The van der Waals surface area contributed by atoms with Crippen LogP contribution in [0.15, 0.2) is 0 Å². The number of hydrogen-bond acceptors (Lipinski definition) is 2. The van der Waals surface area contributed by atoms with Gasteiger partial charge in [-0.1, -0.05) is 13.8 Å². The van der Waals surface area contributed by atoms with E-state index in [1.54, 1.807) is 0 Å². The Kier molecular flexibility index (Phi) is 2.34. The van der Waals surface area contributed by atoms with E-state index in [1.807, 2.05) is 11.9 Å². The van der Waals surface area contributed by atoms with Crippen LogP contribution < -0.4 is 0 Å². The Morgan fingerprint density at radius 3 is 2.40 bits per heavy atom. The van der Waals surface area contributed by atoms with E-state index in [2.05, 4.69) is 25.8 Å². The first-order valence-electron chi connectivity index (χ1n) is 5.79. The van der Waals surface area contributed by atoms with Crippen molar-refractivity contribution in [3.05, 3.63) is 0 Å². The Morgan fingerprint density at radius 2 is 1.87 bits per heavy atom.